The highest BCUT2D eigenvalue weighted by Crippen LogP contribution is 2.36. The summed E-state index contributed by atoms with van der Waals surface area (Å²) in [4.78, 5) is 33.3. The number of aromatic nitrogens is 1. The summed E-state index contributed by atoms with van der Waals surface area (Å²) in [5.74, 6) is 0.704. The number of carbonyl (C=O) groups is 2. The molecule has 1 aromatic rings. The Morgan fingerprint density at radius 3 is 2.51 bits per heavy atom. The van der Waals surface area contributed by atoms with E-state index in [9.17, 15) is 14.7 Å². The molecule has 3 rings (SSSR count). The molecule has 1 aromatic heterocycles. The molecule has 1 saturated heterocycles. The Balaban J connectivity index is 1.70. The van der Waals surface area contributed by atoms with E-state index in [0.717, 1.165) is 43.4 Å². The minimum Gasteiger partial charge on any atom is -0.493 e. The summed E-state index contributed by atoms with van der Waals surface area (Å²) in [5, 5.41) is 14.5. The second-order valence-corrected chi connectivity index (χ2v) is 10.9. The molecule has 0 radical (unpaired) electrons. The van der Waals surface area contributed by atoms with Gasteiger partial charge in [0.15, 0.2) is 0 Å². The fourth-order valence-electron chi connectivity index (χ4n) is 5.34. The minimum absolute atomic E-state index is 0.0183. The smallest absolute Gasteiger partial charge is 0.235 e. The number of anilines is 1. The lowest BCUT2D eigenvalue weighted by Gasteiger charge is -2.36. The predicted molar refractivity (Wildman–Crippen MR) is 145 cm³/mol. The molecule has 2 N–H and O–H groups in total. The topological polar surface area (TPSA) is 101 Å². The van der Waals surface area contributed by atoms with Gasteiger partial charge >= 0.3 is 0 Å². The monoisotopic (exact) mass is 517 g/mol. The van der Waals surface area contributed by atoms with Crippen molar-refractivity contribution in [2.24, 2.45) is 23.7 Å². The Morgan fingerprint density at radius 2 is 1.89 bits per heavy atom. The van der Waals surface area contributed by atoms with Gasteiger partial charge in [-0.25, -0.2) is 4.98 Å². The van der Waals surface area contributed by atoms with Crippen molar-refractivity contribution < 1.29 is 24.2 Å². The Kier molecular flexibility index (Phi) is 11.3. The number of nitrogens with one attached hydrogen (secondary N) is 1. The van der Waals surface area contributed by atoms with Crippen LogP contribution in [0.1, 0.15) is 72.3 Å². The molecule has 4 atom stereocenters. The predicted octanol–water partition coefficient (Wildman–Crippen LogP) is 3.78. The molecule has 1 aliphatic heterocycles. The quantitative estimate of drug-likeness (QED) is 0.365. The number of piperidine rings is 1. The van der Waals surface area contributed by atoms with E-state index >= 15 is 0 Å². The number of hydrogen-bond acceptors (Lipinski definition) is 7. The highest BCUT2D eigenvalue weighted by Gasteiger charge is 2.45. The van der Waals surface area contributed by atoms with E-state index in [1.165, 1.54) is 0 Å². The molecule has 2 heterocycles. The van der Waals surface area contributed by atoms with Gasteiger partial charge in [-0.05, 0) is 57.8 Å². The lowest BCUT2D eigenvalue weighted by Crippen LogP contribution is -2.56. The highest BCUT2D eigenvalue weighted by molar-refractivity contribution is 5.96. The Morgan fingerprint density at radius 1 is 1.16 bits per heavy atom. The molecule has 0 bridgehead atoms. The van der Waals surface area contributed by atoms with Crippen molar-refractivity contribution in [1.29, 1.82) is 0 Å². The molecule has 1 unspecified atom stereocenters. The average Bonchev–Trinajstić information content (AvgIpc) is 3.71. The number of rotatable bonds is 15. The first-order valence-electron chi connectivity index (χ1n) is 14.2. The van der Waals surface area contributed by atoms with Crippen LogP contribution < -0.4 is 15.0 Å². The first-order valence-corrected chi connectivity index (χ1v) is 14.2. The van der Waals surface area contributed by atoms with Crippen LogP contribution in [0.3, 0.4) is 0 Å². The SMILES string of the molecule is CCOCC(CCC(=O)[C@@H]1CNC[C@H](C(=O)N(c2cc(OCC)c(CC)cn2)C2CC2)[C@@H]1O)CC(C)C. The lowest BCUT2D eigenvalue weighted by molar-refractivity contribution is -0.135. The fourth-order valence-corrected chi connectivity index (χ4v) is 5.34. The number of aryl methyl sites for hydroxylation is 1. The summed E-state index contributed by atoms with van der Waals surface area (Å²) in [6.45, 7) is 12.9. The average molecular weight is 518 g/mol. The van der Waals surface area contributed by atoms with Crippen LogP contribution in [-0.4, -0.2) is 66.8 Å². The third-order valence-electron chi connectivity index (χ3n) is 7.45. The van der Waals surface area contributed by atoms with Crippen molar-refractivity contribution in [1.82, 2.24) is 10.3 Å². The molecule has 2 aliphatic rings. The van der Waals surface area contributed by atoms with Crippen LogP contribution in [-0.2, 0) is 20.7 Å². The molecular weight excluding hydrogens is 470 g/mol. The largest absolute Gasteiger partial charge is 0.493 e. The van der Waals surface area contributed by atoms with E-state index < -0.39 is 17.9 Å². The van der Waals surface area contributed by atoms with Crippen LogP contribution in [0.25, 0.3) is 0 Å². The Labute approximate surface area is 222 Å². The summed E-state index contributed by atoms with van der Waals surface area (Å²) < 4.78 is 11.5. The van der Waals surface area contributed by atoms with Crippen molar-refractivity contribution in [3.05, 3.63) is 17.8 Å². The molecule has 8 heteroatoms. The number of pyridine rings is 1. The van der Waals surface area contributed by atoms with Crippen LogP contribution in [0.2, 0.25) is 0 Å². The second kappa shape index (κ2) is 14.2. The first kappa shape index (κ1) is 29.5. The molecule has 1 aliphatic carbocycles. The molecule has 0 aromatic carbocycles. The number of ketones is 1. The van der Waals surface area contributed by atoms with Crippen LogP contribution in [0.15, 0.2) is 12.3 Å². The number of Topliss-reactive ketones (excluding diaryl/α,β-unsaturated/α-hetero) is 1. The number of aliphatic hydroxyl groups excluding tert-OH is 1. The van der Waals surface area contributed by atoms with Crippen molar-refractivity contribution in [2.45, 2.75) is 85.3 Å². The number of amides is 1. The van der Waals surface area contributed by atoms with Gasteiger partial charge in [0.2, 0.25) is 5.91 Å². The van der Waals surface area contributed by atoms with Gasteiger partial charge in [0.05, 0.1) is 24.5 Å². The van der Waals surface area contributed by atoms with Gasteiger partial charge in [-0.15, -0.1) is 0 Å². The lowest BCUT2D eigenvalue weighted by atomic mass is 9.81. The summed E-state index contributed by atoms with van der Waals surface area (Å²) >= 11 is 0. The third-order valence-corrected chi connectivity index (χ3v) is 7.45. The zero-order chi connectivity index (χ0) is 26.9. The van der Waals surface area contributed by atoms with Gasteiger partial charge in [-0.2, -0.15) is 0 Å². The van der Waals surface area contributed by atoms with E-state index in [2.05, 4.69) is 24.1 Å². The van der Waals surface area contributed by atoms with Crippen LogP contribution in [0.4, 0.5) is 5.82 Å². The van der Waals surface area contributed by atoms with E-state index in [1.807, 2.05) is 26.8 Å². The summed E-state index contributed by atoms with van der Waals surface area (Å²) in [6.07, 6.45) is 5.49. The molecule has 8 nitrogen and oxygen atoms in total. The fraction of sp³-hybridized carbons (Fsp3) is 0.759. The van der Waals surface area contributed by atoms with Crippen LogP contribution in [0, 0.1) is 23.7 Å². The maximum Gasteiger partial charge on any atom is 0.235 e. The molecule has 1 amide bonds. The second-order valence-electron chi connectivity index (χ2n) is 10.9. The van der Waals surface area contributed by atoms with Gasteiger partial charge in [0.1, 0.15) is 17.4 Å². The van der Waals surface area contributed by atoms with E-state index in [0.29, 0.717) is 57.0 Å². The summed E-state index contributed by atoms with van der Waals surface area (Å²) in [5.41, 5.74) is 0.999. The zero-order valence-electron chi connectivity index (χ0n) is 23.4. The number of ether oxygens (including phenoxy) is 2. The zero-order valence-corrected chi connectivity index (χ0v) is 23.4. The van der Waals surface area contributed by atoms with Gasteiger partial charge in [0.25, 0.3) is 0 Å². The molecule has 208 valence electrons. The molecule has 2 fully saturated rings. The highest BCUT2D eigenvalue weighted by atomic mass is 16.5. The molecule has 37 heavy (non-hydrogen) atoms. The summed E-state index contributed by atoms with van der Waals surface area (Å²) in [7, 11) is 0. The first-order chi connectivity index (χ1) is 17.8. The Bertz CT molecular complexity index is 888. The van der Waals surface area contributed by atoms with Gasteiger partial charge in [0, 0.05) is 56.6 Å². The Hall–Kier alpha value is -2.03. The number of hydrogen-bond donors (Lipinski definition) is 2. The van der Waals surface area contributed by atoms with Gasteiger partial charge < -0.3 is 19.9 Å². The van der Waals surface area contributed by atoms with E-state index in [4.69, 9.17) is 9.47 Å². The number of aliphatic hydroxyl groups is 1. The minimum atomic E-state index is -1.01. The number of carbonyl (C=O) groups excluding carboxylic acids is 2. The van der Waals surface area contributed by atoms with E-state index in [1.54, 1.807) is 11.1 Å². The van der Waals surface area contributed by atoms with Gasteiger partial charge in [-0.1, -0.05) is 20.8 Å². The van der Waals surface area contributed by atoms with Crippen LogP contribution >= 0.6 is 0 Å². The third kappa shape index (κ3) is 7.98. The van der Waals surface area contributed by atoms with Gasteiger partial charge in [-0.3, -0.25) is 14.5 Å². The van der Waals surface area contributed by atoms with Crippen molar-refractivity contribution in [2.75, 3.05) is 37.8 Å². The van der Waals surface area contributed by atoms with Crippen LogP contribution in [0.5, 0.6) is 5.75 Å². The number of nitrogens with zero attached hydrogens (tertiary/aromatic N) is 2. The molecular formula is C29H47N3O5. The molecule has 1 saturated carbocycles. The van der Waals surface area contributed by atoms with Crippen molar-refractivity contribution in [3.8, 4) is 5.75 Å². The standard InChI is InChI=1S/C29H47N3O5/c1-6-21-15-31-27(14-26(21)37-8-3)32(22-10-11-22)29(35)24-17-30-16-23(28(24)34)25(33)12-9-20(13-19(4)5)18-36-7-2/h14-15,19-20,22-24,28,30,34H,6-13,16-18H2,1-5H3/t20?,23-,24-,28+/m0/s1. The van der Waals surface area contributed by atoms with Crippen molar-refractivity contribution in [3.63, 3.8) is 0 Å². The van der Waals surface area contributed by atoms with E-state index in [-0.39, 0.29) is 17.7 Å². The normalized spacial score (nSPS) is 22.6. The molecule has 0 spiro atoms. The van der Waals surface area contributed by atoms with Crippen molar-refractivity contribution >= 4 is 17.5 Å². The summed E-state index contributed by atoms with van der Waals surface area (Å²) in [6, 6.07) is 1.91. The maximum atomic E-state index is 13.8. The maximum absolute atomic E-state index is 13.8.